The molecule has 1 fully saturated rings. The molecular formula is C13H15O. The highest BCUT2D eigenvalue weighted by molar-refractivity contribution is 5.43. The van der Waals surface area contributed by atoms with E-state index in [0.717, 1.165) is 23.8 Å². The molecule has 1 heteroatoms. The Morgan fingerprint density at radius 3 is 2.86 bits per heavy atom. The van der Waals surface area contributed by atoms with Crippen molar-refractivity contribution in [3.63, 3.8) is 0 Å². The van der Waals surface area contributed by atoms with Gasteiger partial charge in [-0.15, -0.1) is 0 Å². The van der Waals surface area contributed by atoms with Gasteiger partial charge in [0.25, 0.3) is 0 Å². The fourth-order valence-corrected chi connectivity index (χ4v) is 1.66. The molecular weight excluding hydrogens is 172 g/mol. The van der Waals surface area contributed by atoms with Crippen LogP contribution in [0.2, 0.25) is 0 Å². The molecule has 0 saturated heterocycles. The maximum Gasteiger partial charge on any atom is 0.123 e. The van der Waals surface area contributed by atoms with E-state index >= 15 is 0 Å². The molecule has 1 radical (unpaired) electrons. The van der Waals surface area contributed by atoms with Gasteiger partial charge in [0.2, 0.25) is 0 Å². The van der Waals surface area contributed by atoms with Crippen molar-refractivity contribution >= 4 is 0 Å². The summed E-state index contributed by atoms with van der Waals surface area (Å²) < 4.78 is 5.61. The van der Waals surface area contributed by atoms with E-state index in [0.29, 0.717) is 0 Å². The zero-order chi connectivity index (χ0) is 9.97. The second kappa shape index (κ2) is 3.87. The third kappa shape index (κ3) is 1.82. The predicted octanol–water partition coefficient (Wildman–Crippen LogP) is 3.30. The van der Waals surface area contributed by atoms with E-state index in [-0.39, 0.29) is 0 Å². The normalized spacial score (nSPS) is 15.2. The third-order valence-electron chi connectivity index (χ3n) is 2.53. The predicted molar refractivity (Wildman–Crippen MR) is 57.6 cm³/mol. The average Bonchev–Trinajstić information content (AvgIpc) is 3.02. The molecule has 0 N–H and O–H groups in total. The standard InChI is InChI=1S/C13H15O/c1-3-10-5-8-12(11-6-7-11)13(9-10)14-4-2/h5,8-9,11H,1,4,6-7H2,2H3. The lowest BCUT2D eigenvalue weighted by molar-refractivity contribution is 0.336. The lowest BCUT2D eigenvalue weighted by Crippen LogP contribution is -1.96. The van der Waals surface area contributed by atoms with Gasteiger partial charge in [-0.25, -0.2) is 0 Å². The molecule has 1 aliphatic carbocycles. The Bertz CT molecular complexity index is 337. The molecule has 1 aromatic carbocycles. The number of hydrogen-bond donors (Lipinski definition) is 0. The molecule has 1 saturated carbocycles. The fourth-order valence-electron chi connectivity index (χ4n) is 1.66. The van der Waals surface area contributed by atoms with Crippen molar-refractivity contribution in [2.75, 3.05) is 6.61 Å². The van der Waals surface area contributed by atoms with E-state index in [2.05, 4.69) is 24.8 Å². The van der Waals surface area contributed by atoms with Crippen LogP contribution >= 0.6 is 0 Å². The van der Waals surface area contributed by atoms with Crippen LogP contribution in [0.1, 0.15) is 36.8 Å². The average molecular weight is 187 g/mol. The summed E-state index contributed by atoms with van der Waals surface area (Å²) in [5.74, 6) is 1.75. The maximum atomic E-state index is 5.61. The van der Waals surface area contributed by atoms with Gasteiger partial charge in [0.1, 0.15) is 5.75 Å². The van der Waals surface area contributed by atoms with Crippen LogP contribution in [0, 0.1) is 6.08 Å². The summed E-state index contributed by atoms with van der Waals surface area (Å²) in [5.41, 5.74) is 2.36. The van der Waals surface area contributed by atoms with Gasteiger partial charge >= 0.3 is 0 Å². The molecule has 14 heavy (non-hydrogen) atoms. The van der Waals surface area contributed by atoms with Crippen molar-refractivity contribution in [1.82, 2.24) is 0 Å². The third-order valence-corrected chi connectivity index (χ3v) is 2.53. The van der Waals surface area contributed by atoms with Crippen LogP contribution in [0.25, 0.3) is 0 Å². The van der Waals surface area contributed by atoms with Gasteiger partial charge in [-0.05, 0) is 49.0 Å². The lowest BCUT2D eigenvalue weighted by Gasteiger charge is -2.09. The van der Waals surface area contributed by atoms with Crippen molar-refractivity contribution in [3.05, 3.63) is 42.0 Å². The molecule has 0 atom stereocenters. The Morgan fingerprint density at radius 1 is 1.50 bits per heavy atom. The van der Waals surface area contributed by atoms with Gasteiger partial charge in [0, 0.05) is 0 Å². The molecule has 0 heterocycles. The van der Waals surface area contributed by atoms with Crippen LogP contribution in [0.4, 0.5) is 0 Å². The minimum Gasteiger partial charge on any atom is -0.494 e. The van der Waals surface area contributed by atoms with Crippen LogP contribution in [-0.2, 0) is 0 Å². The highest BCUT2D eigenvalue weighted by atomic mass is 16.5. The second-order valence-corrected chi connectivity index (χ2v) is 3.64. The number of benzene rings is 1. The first kappa shape index (κ1) is 9.32. The maximum absolute atomic E-state index is 5.61. The van der Waals surface area contributed by atoms with E-state index in [4.69, 9.17) is 4.74 Å². The SMILES string of the molecule is C=[C]c1ccc(C2CC2)c(OCC)c1. The van der Waals surface area contributed by atoms with E-state index < -0.39 is 0 Å². The van der Waals surface area contributed by atoms with Crippen molar-refractivity contribution in [2.24, 2.45) is 0 Å². The van der Waals surface area contributed by atoms with Gasteiger partial charge in [-0.2, -0.15) is 0 Å². The van der Waals surface area contributed by atoms with Crippen LogP contribution in [0.15, 0.2) is 24.8 Å². The van der Waals surface area contributed by atoms with Gasteiger partial charge < -0.3 is 4.74 Å². The summed E-state index contributed by atoms with van der Waals surface area (Å²) in [7, 11) is 0. The van der Waals surface area contributed by atoms with Crippen LogP contribution < -0.4 is 4.74 Å². The Labute approximate surface area is 85.4 Å². The highest BCUT2D eigenvalue weighted by Crippen LogP contribution is 2.44. The van der Waals surface area contributed by atoms with Crippen molar-refractivity contribution in [2.45, 2.75) is 25.7 Å². The molecule has 0 unspecified atom stereocenters. The molecule has 2 rings (SSSR count). The Morgan fingerprint density at radius 2 is 2.29 bits per heavy atom. The van der Waals surface area contributed by atoms with E-state index in [1.807, 2.05) is 13.0 Å². The summed E-state index contributed by atoms with van der Waals surface area (Å²) in [6, 6.07) is 6.24. The largest absolute Gasteiger partial charge is 0.494 e. The Balaban J connectivity index is 2.32. The zero-order valence-corrected chi connectivity index (χ0v) is 8.55. The number of rotatable bonds is 4. The molecule has 1 aliphatic rings. The van der Waals surface area contributed by atoms with Crippen molar-refractivity contribution in [3.8, 4) is 5.75 Å². The van der Waals surface area contributed by atoms with Crippen LogP contribution in [0.5, 0.6) is 5.75 Å². The molecule has 0 aliphatic heterocycles. The molecule has 0 amide bonds. The number of hydrogen-bond acceptors (Lipinski definition) is 1. The highest BCUT2D eigenvalue weighted by Gasteiger charge is 2.26. The fraction of sp³-hybridized carbons (Fsp3) is 0.385. The topological polar surface area (TPSA) is 9.23 Å². The first-order chi connectivity index (χ1) is 6.85. The smallest absolute Gasteiger partial charge is 0.123 e. The lowest BCUT2D eigenvalue weighted by atomic mass is 10.1. The quantitative estimate of drug-likeness (QED) is 0.702. The molecule has 0 bridgehead atoms. The summed E-state index contributed by atoms with van der Waals surface area (Å²) in [5, 5.41) is 0. The molecule has 73 valence electrons. The zero-order valence-electron chi connectivity index (χ0n) is 8.55. The van der Waals surface area contributed by atoms with E-state index in [9.17, 15) is 0 Å². The van der Waals surface area contributed by atoms with Crippen molar-refractivity contribution in [1.29, 1.82) is 0 Å². The summed E-state index contributed by atoms with van der Waals surface area (Å²) in [4.78, 5) is 0. The van der Waals surface area contributed by atoms with Crippen LogP contribution in [-0.4, -0.2) is 6.61 Å². The first-order valence-corrected chi connectivity index (χ1v) is 5.15. The molecule has 0 aromatic heterocycles. The van der Waals surface area contributed by atoms with E-state index in [1.165, 1.54) is 18.4 Å². The minimum atomic E-state index is 0.723. The van der Waals surface area contributed by atoms with Gasteiger partial charge in [-0.1, -0.05) is 18.7 Å². The summed E-state index contributed by atoms with van der Waals surface area (Å²) >= 11 is 0. The summed E-state index contributed by atoms with van der Waals surface area (Å²) in [6.45, 7) is 6.38. The first-order valence-electron chi connectivity index (χ1n) is 5.15. The van der Waals surface area contributed by atoms with Gasteiger partial charge in [-0.3, -0.25) is 0 Å². The molecule has 1 nitrogen and oxygen atoms in total. The minimum absolute atomic E-state index is 0.723. The Kier molecular flexibility index (Phi) is 2.58. The van der Waals surface area contributed by atoms with Gasteiger partial charge in [0.15, 0.2) is 0 Å². The molecule has 1 aromatic rings. The number of ether oxygens (including phenoxy) is 1. The summed E-state index contributed by atoms with van der Waals surface area (Å²) in [6.07, 6.45) is 5.49. The Hall–Kier alpha value is -1.24. The molecule has 0 spiro atoms. The monoisotopic (exact) mass is 187 g/mol. The second-order valence-electron chi connectivity index (χ2n) is 3.64. The van der Waals surface area contributed by atoms with Crippen LogP contribution in [0.3, 0.4) is 0 Å². The van der Waals surface area contributed by atoms with Crippen molar-refractivity contribution < 1.29 is 4.74 Å². The van der Waals surface area contributed by atoms with Gasteiger partial charge in [0.05, 0.1) is 6.61 Å². The van der Waals surface area contributed by atoms with E-state index in [1.54, 1.807) is 0 Å².